The number of likely N-dealkylation sites (tertiary alicyclic amines) is 1. The Morgan fingerprint density at radius 2 is 1.74 bits per heavy atom. The van der Waals surface area contributed by atoms with Gasteiger partial charge in [-0.3, -0.25) is 4.79 Å². The van der Waals surface area contributed by atoms with Crippen LogP contribution in [0.25, 0.3) is 5.69 Å². The number of hydrogen-bond donors (Lipinski definition) is 1. The maximum atomic E-state index is 13.3. The zero-order valence-corrected chi connectivity index (χ0v) is 18.4. The van der Waals surface area contributed by atoms with Gasteiger partial charge in [-0.2, -0.15) is 5.10 Å². The van der Waals surface area contributed by atoms with E-state index in [1.54, 1.807) is 0 Å². The number of piperidine rings is 1. The van der Waals surface area contributed by atoms with Crippen LogP contribution >= 0.6 is 0 Å². The Hall–Kier alpha value is -2.92. The van der Waals surface area contributed by atoms with Crippen molar-refractivity contribution in [3.05, 3.63) is 83.2 Å². The van der Waals surface area contributed by atoms with Crippen LogP contribution < -0.4 is 0 Å². The van der Waals surface area contributed by atoms with Crippen molar-refractivity contribution in [2.75, 3.05) is 19.7 Å². The number of carbonyl (C=O) groups is 1. The molecule has 0 saturated carbocycles. The lowest BCUT2D eigenvalue weighted by atomic mass is 9.75. The minimum atomic E-state index is -0.270. The number of nitrogens with zero attached hydrogens (tertiary/aromatic N) is 3. The summed E-state index contributed by atoms with van der Waals surface area (Å²) in [5.41, 5.74) is 4.84. The molecule has 1 atom stereocenters. The van der Waals surface area contributed by atoms with Gasteiger partial charge in [0.2, 0.25) is 5.91 Å². The third-order valence-electron chi connectivity index (χ3n) is 6.54. The number of hydrogen-bond acceptors (Lipinski definition) is 3. The summed E-state index contributed by atoms with van der Waals surface area (Å²) < 4.78 is 1.92. The van der Waals surface area contributed by atoms with E-state index in [4.69, 9.17) is 0 Å². The van der Waals surface area contributed by atoms with Crippen LogP contribution in [0.15, 0.2) is 60.7 Å². The molecule has 1 fully saturated rings. The summed E-state index contributed by atoms with van der Waals surface area (Å²) in [6.07, 6.45) is 2.99. The lowest BCUT2D eigenvalue weighted by Gasteiger charge is -2.42. The van der Waals surface area contributed by atoms with Gasteiger partial charge < -0.3 is 10.0 Å². The fraction of sp³-hybridized carbons (Fsp3) is 0.385. The molecule has 0 aliphatic carbocycles. The van der Waals surface area contributed by atoms with E-state index in [-0.39, 0.29) is 17.9 Å². The van der Waals surface area contributed by atoms with Crippen molar-refractivity contribution in [3.8, 4) is 5.69 Å². The Kier molecular flexibility index (Phi) is 6.23. The molecule has 2 aromatic carbocycles. The molecule has 4 rings (SSSR count). The van der Waals surface area contributed by atoms with Gasteiger partial charge in [0.05, 0.1) is 24.4 Å². The topological polar surface area (TPSA) is 58.4 Å². The summed E-state index contributed by atoms with van der Waals surface area (Å²) in [6, 6.07) is 20.3. The third kappa shape index (κ3) is 4.57. The highest BCUT2D eigenvalue weighted by Gasteiger charge is 2.37. The summed E-state index contributed by atoms with van der Waals surface area (Å²) in [7, 11) is 0. The summed E-state index contributed by atoms with van der Waals surface area (Å²) >= 11 is 0. The average Bonchev–Trinajstić information content (AvgIpc) is 3.08. The second-order valence-corrected chi connectivity index (χ2v) is 8.81. The zero-order valence-electron chi connectivity index (χ0n) is 18.4. The van der Waals surface area contributed by atoms with Gasteiger partial charge in [-0.05, 0) is 50.8 Å². The van der Waals surface area contributed by atoms with Gasteiger partial charge in [-0.15, -0.1) is 0 Å². The van der Waals surface area contributed by atoms with Gasteiger partial charge >= 0.3 is 0 Å². The van der Waals surface area contributed by atoms with E-state index in [1.807, 2.05) is 72.0 Å². The second kappa shape index (κ2) is 9.06. The van der Waals surface area contributed by atoms with Crippen LogP contribution in [0.5, 0.6) is 0 Å². The molecule has 1 aliphatic rings. The molecule has 1 aromatic heterocycles. The minimum Gasteiger partial charge on any atom is -0.396 e. The van der Waals surface area contributed by atoms with E-state index in [2.05, 4.69) is 17.2 Å². The van der Waals surface area contributed by atoms with Crippen LogP contribution in [0.1, 0.15) is 35.4 Å². The Morgan fingerprint density at radius 3 is 2.42 bits per heavy atom. The molecule has 0 unspecified atom stereocenters. The number of benzene rings is 2. The maximum Gasteiger partial charge on any atom is 0.227 e. The van der Waals surface area contributed by atoms with Crippen LogP contribution in [0.3, 0.4) is 0 Å². The number of carbonyl (C=O) groups excluding carboxylic acids is 1. The summed E-state index contributed by atoms with van der Waals surface area (Å²) in [4.78, 5) is 15.2. The second-order valence-electron chi connectivity index (χ2n) is 8.81. The molecule has 1 amide bonds. The van der Waals surface area contributed by atoms with Crippen molar-refractivity contribution in [1.82, 2.24) is 14.7 Å². The van der Waals surface area contributed by atoms with Crippen molar-refractivity contribution in [1.29, 1.82) is 0 Å². The first-order valence-electron chi connectivity index (χ1n) is 11.0. The first-order valence-corrected chi connectivity index (χ1v) is 11.0. The molecule has 162 valence electrons. The molecular weight excluding hydrogens is 386 g/mol. The molecule has 1 saturated heterocycles. The molecular formula is C26H31N3O2. The number of aliphatic hydroxyl groups is 1. The van der Waals surface area contributed by atoms with Crippen LogP contribution in [0, 0.1) is 19.3 Å². The van der Waals surface area contributed by atoms with Gasteiger partial charge in [-0.25, -0.2) is 4.68 Å². The molecule has 5 nitrogen and oxygen atoms in total. The standard InChI is InChI=1S/C26H31N3O2/c1-20-24(21(2)29(27-20)23-12-7-4-8-13-23)16-25(31)28-15-9-14-26(18-28,19-30)17-22-10-5-3-6-11-22/h3-8,10-13,30H,9,14-19H2,1-2H3/t26-/m0/s1. The van der Waals surface area contributed by atoms with E-state index in [1.165, 1.54) is 5.56 Å². The van der Waals surface area contributed by atoms with E-state index in [0.29, 0.717) is 13.0 Å². The van der Waals surface area contributed by atoms with E-state index in [0.717, 1.165) is 48.4 Å². The van der Waals surface area contributed by atoms with Crippen LogP contribution in [-0.2, 0) is 17.6 Å². The van der Waals surface area contributed by atoms with Gasteiger partial charge in [0.1, 0.15) is 0 Å². The molecule has 0 spiro atoms. The van der Waals surface area contributed by atoms with Gasteiger partial charge in [0.15, 0.2) is 0 Å². The van der Waals surface area contributed by atoms with Crippen LogP contribution in [0.2, 0.25) is 0 Å². The minimum absolute atomic E-state index is 0.0929. The Labute approximate surface area is 184 Å². The molecule has 0 radical (unpaired) electrons. The lowest BCUT2D eigenvalue weighted by Crippen LogP contribution is -2.49. The molecule has 31 heavy (non-hydrogen) atoms. The lowest BCUT2D eigenvalue weighted by molar-refractivity contribution is -0.134. The largest absolute Gasteiger partial charge is 0.396 e. The predicted molar refractivity (Wildman–Crippen MR) is 122 cm³/mol. The zero-order chi connectivity index (χ0) is 21.8. The SMILES string of the molecule is Cc1nn(-c2ccccc2)c(C)c1CC(=O)N1CCC[C@](CO)(Cc2ccccc2)C1. The van der Waals surface area contributed by atoms with Crippen molar-refractivity contribution in [2.24, 2.45) is 5.41 Å². The molecule has 1 aliphatic heterocycles. The number of rotatable bonds is 6. The van der Waals surface area contributed by atoms with Crippen LogP contribution in [-0.4, -0.2) is 45.4 Å². The first kappa shape index (κ1) is 21.3. The Balaban J connectivity index is 1.50. The fourth-order valence-corrected chi connectivity index (χ4v) is 4.79. The molecule has 0 bridgehead atoms. The van der Waals surface area contributed by atoms with Gasteiger partial charge in [0, 0.05) is 29.8 Å². The van der Waals surface area contributed by atoms with Crippen molar-refractivity contribution in [2.45, 2.75) is 39.5 Å². The number of aliphatic hydroxyl groups excluding tert-OH is 1. The van der Waals surface area contributed by atoms with Crippen molar-refractivity contribution < 1.29 is 9.90 Å². The Morgan fingerprint density at radius 1 is 1.06 bits per heavy atom. The van der Waals surface area contributed by atoms with E-state index < -0.39 is 0 Å². The van der Waals surface area contributed by atoms with E-state index >= 15 is 0 Å². The smallest absolute Gasteiger partial charge is 0.227 e. The van der Waals surface area contributed by atoms with E-state index in [9.17, 15) is 9.90 Å². The predicted octanol–water partition coefficient (Wildman–Crippen LogP) is 3.88. The fourth-order valence-electron chi connectivity index (χ4n) is 4.79. The quantitative estimate of drug-likeness (QED) is 0.662. The molecule has 3 aromatic rings. The average molecular weight is 418 g/mol. The molecule has 5 heteroatoms. The Bertz CT molecular complexity index is 1030. The number of aromatic nitrogens is 2. The monoisotopic (exact) mass is 417 g/mol. The van der Waals surface area contributed by atoms with Crippen LogP contribution in [0.4, 0.5) is 0 Å². The summed E-state index contributed by atoms with van der Waals surface area (Å²) in [5, 5.41) is 14.9. The third-order valence-corrected chi connectivity index (χ3v) is 6.54. The number of aryl methyl sites for hydroxylation is 1. The highest BCUT2D eigenvalue weighted by Crippen LogP contribution is 2.34. The molecule has 1 N–H and O–H groups in total. The van der Waals surface area contributed by atoms with Crippen molar-refractivity contribution in [3.63, 3.8) is 0 Å². The van der Waals surface area contributed by atoms with Gasteiger partial charge in [0.25, 0.3) is 0 Å². The number of amides is 1. The molecule has 2 heterocycles. The number of para-hydroxylation sites is 1. The highest BCUT2D eigenvalue weighted by molar-refractivity contribution is 5.79. The summed E-state index contributed by atoms with van der Waals surface area (Å²) in [6.45, 7) is 5.44. The summed E-state index contributed by atoms with van der Waals surface area (Å²) in [5.74, 6) is 0.115. The normalized spacial score (nSPS) is 18.9. The van der Waals surface area contributed by atoms with Gasteiger partial charge in [-0.1, -0.05) is 48.5 Å². The maximum absolute atomic E-state index is 13.3. The van der Waals surface area contributed by atoms with Crippen molar-refractivity contribution >= 4 is 5.91 Å². The first-order chi connectivity index (χ1) is 15.0. The highest BCUT2D eigenvalue weighted by atomic mass is 16.3.